The molecule has 0 amide bonds. The zero-order chi connectivity index (χ0) is 11.7. The van der Waals surface area contributed by atoms with E-state index in [0.29, 0.717) is 5.01 Å². The van der Waals surface area contributed by atoms with Crippen molar-refractivity contribution in [3.8, 4) is 11.4 Å². The van der Waals surface area contributed by atoms with Crippen LogP contribution in [0.25, 0.3) is 11.4 Å². The van der Waals surface area contributed by atoms with E-state index in [0.717, 1.165) is 21.3 Å². The standard InChI is InChI=1S/C10H10N2O2S2/c1-5-10(11-6(2)16-5)7-4-15-8(12-7)3-9(13)14/h4H,3H2,1-2H3,(H,13,14). The van der Waals surface area contributed by atoms with Crippen LogP contribution in [0.15, 0.2) is 5.38 Å². The van der Waals surface area contributed by atoms with Crippen molar-refractivity contribution in [3.05, 3.63) is 20.3 Å². The molecule has 4 nitrogen and oxygen atoms in total. The van der Waals surface area contributed by atoms with Crippen LogP contribution in [-0.4, -0.2) is 21.0 Å². The number of hydrogen-bond acceptors (Lipinski definition) is 5. The van der Waals surface area contributed by atoms with Gasteiger partial charge in [0.15, 0.2) is 0 Å². The van der Waals surface area contributed by atoms with Gasteiger partial charge in [-0.15, -0.1) is 22.7 Å². The molecule has 2 heterocycles. The van der Waals surface area contributed by atoms with Crippen LogP contribution < -0.4 is 0 Å². The maximum atomic E-state index is 10.5. The third-order valence-corrected chi connectivity index (χ3v) is 3.74. The highest BCUT2D eigenvalue weighted by atomic mass is 32.1. The number of carboxylic acids is 1. The Morgan fingerprint density at radius 2 is 2.19 bits per heavy atom. The van der Waals surface area contributed by atoms with Crippen LogP contribution >= 0.6 is 22.7 Å². The van der Waals surface area contributed by atoms with E-state index in [9.17, 15) is 4.79 Å². The molecule has 0 unspecified atom stereocenters. The first kappa shape index (κ1) is 11.2. The summed E-state index contributed by atoms with van der Waals surface area (Å²) in [7, 11) is 0. The Morgan fingerprint density at radius 3 is 2.75 bits per heavy atom. The van der Waals surface area contributed by atoms with Crippen molar-refractivity contribution in [1.82, 2.24) is 9.97 Å². The molecule has 0 aliphatic heterocycles. The molecular weight excluding hydrogens is 244 g/mol. The second kappa shape index (κ2) is 4.31. The molecule has 2 aromatic rings. The molecule has 0 aliphatic rings. The number of carboxylic acid groups (broad SMARTS) is 1. The smallest absolute Gasteiger partial charge is 0.310 e. The molecule has 1 N–H and O–H groups in total. The SMILES string of the molecule is Cc1nc(-c2csc(CC(=O)O)n2)c(C)s1. The third kappa shape index (κ3) is 2.28. The molecule has 2 aromatic heterocycles. The first-order valence-corrected chi connectivity index (χ1v) is 6.36. The van der Waals surface area contributed by atoms with Crippen LogP contribution in [0, 0.1) is 13.8 Å². The van der Waals surface area contributed by atoms with Gasteiger partial charge in [-0.2, -0.15) is 0 Å². The second-order valence-corrected chi connectivity index (χ2v) is 5.68. The summed E-state index contributed by atoms with van der Waals surface area (Å²) in [6.07, 6.45) is -0.0210. The van der Waals surface area contributed by atoms with Crippen LogP contribution in [0.2, 0.25) is 0 Å². The first-order chi connectivity index (χ1) is 7.56. The molecule has 0 aromatic carbocycles. The van der Waals surface area contributed by atoms with E-state index in [1.807, 2.05) is 19.2 Å². The van der Waals surface area contributed by atoms with Gasteiger partial charge < -0.3 is 5.11 Å². The fourth-order valence-electron chi connectivity index (χ4n) is 1.40. The lowest BCUT2D eigenvalue weighted by molar-refractivity contribution is -0.136. The maximum Gasteiger partial charge on any atom is 0.310 e. The Morgan fingerprint density at radius 1 is 1.44 bits per heavy atom. The van der Waals surface area contributed by atoms with Crippen LogP contribution in [0.1, 0.15) is 14.9 Å². The maximum absolute atomic E-state index is 10.5. The predicted molar refractivity (Wildman–Crippen MR) is 64.0 cm³/mol. The average Bonchev–Trinajstić information content (AvgIpc) is 2.72. The van der Waals surface area contributed by atoms with E-state index in [4.69, 9.17) is 5.11 Å². The Balaban J connectivity index is 2.31. The van der Waals surface area contributed by atoms with Gasteiger partial charge in [0.1, 0.15) is 16.4 Å². The molecule has 0 saturated heterocycles. The van der Waals surface area contributed by atoms with Gasteiger partial charge in [-0.1, -0.05) is 0 Å². The Kier molecular flexibility index (Phi) is 3.02. The molecule has 2 rings (SSSR count). The Bertz CT molecular complexity index is 531. The molecular formula is C10H10N2O2S2. The van der Waals surface area contributed by atoms with Crippen molar-refractivity contribution < 1.29 is 9.90 Å². The quantitative estimate of drug-likeness (QED) is 0.914. The number of aryl methyl sites for hydroxylation is 2. The van der Waals surface area contributed by atoms with Gasteiger partial charge in [-0.3, -0.25) is 4.79 Å². The largest absolute Gasteiger partial charge is 0.481 e. The van der Waals surface area contributed by atoms with Gasteiger partial charge in [-0.25, -0.2) is 9.97 Å². The number of thiazole rings is 2. The normalized spacial score (nSPS) is 10.6. The minimum atomic E-state index is -0.855. The van der Waals surface area contributed by atoms with Crippen molar-refractivity contribution in [2.75, 3.05) is 0 Å². The van der Waals surface area contributed by atoms with Gasteiger partial charge in [0, 0.05) is 10.3 Å². The first-order valence-electron chi connectivity index (χ1n) is 4.67. The molecule has 16 heavy (non-hydrogen) atoms. The van der Waals surface area contributed by atoms with Crippen molar-refractivity contribution in [2.45, 2.75) is 20.3 Å². The van der Waals surface area contributed by atoms with Gasteiger partial charge in [-0.05, 0) is 13.8 Å². The molecule has 0 fully saturated rings. The number of aliphatic carboxylic acids is 1. The predicted octanol–water partition coefficient (Wildman–Crippen LogP) is 2.51. The number of carbonyl (C=O) groups is 1. The van der Waals surface area contributed by atoms with E-state index in [1.165, 1.54) is 11.3 Å². The van der Waals surface area contributed by atoms with Crippen LogP contribution in [0.4, 0.5) is 0 Å². The van der Waals surface area contributed by atoms with Crippen LogP contribution in [-0.2, 0) is 11.2 Å². The van der Waals surface area contributed by atoms with Crippen LogP contribution in [0.3, 0.4) is 0 Å². The van der Waals surface area contributed by atoms with Crippen molar-refractivity contribution in [1.29, 1.82) is 0 Å². The van der Waals surface area contributed by atoms with Gasteiger partial charge >= 0.3 is 5.97 Å². The summed E-state index contributed by atoms with van der Waals surface area (Å²) in [6.45, 7) is 3.95. The van der Waals surface area contributed by atoms with E-state index in [1.54, 1.807) is 11.3 Å². The summed E-state index contributed by atoms with van der Waals surface area (Å²) in [6, 6.07) is 0. The molecule has 0 saturated carbocycles. The topological polar surface area (TPSA) is 63.1 Å². The van der Waals surface area contributed by atoms with Crippen molar-refractivity contribution >= 4 is 28.6 Å². The summed E-state index contributed by atoms with van der Waals surface area (Å²) < 4.78 is 0. The van der Waals surface area contributed by atoms with Crippen molar-refractivity contribution in [3.63, 3.8) is 0 Å². The Hall–Kier alpha value is -1.27. The lowest BCUT2D eigenvalue weighted by Crippen LogP contribution is -1.99. The van der Waals surface area contributed by atoms with E-state index in [-0.39, 0.29) is 6.42 Å². The minimum absolute atomic E-state index is 0.0210. The molecule has 6 heteroatoms. The number of rotatable bonds is 3. The monoisotopic (exact) mass is 254 g/mol. The number of aromatic nitrogens is 2. The third-order valence-electron chi connectivity index (χ3n) is 2.00. The second-order valence-electron chi connectivity index (χ2n) is 3.33. The molecule has 0 atom stereocenters. The zero-order valence-electron chi connectivity index (χ0n) is 8.85. The summed E-state index contributed by atoms with van der Waals surface area (Å²) in [5.74, 6) is -0.855. The molecule has 0 bridgehead atoms. The van der Waals surface area contributed by atoms with E-state index >= 15 is 0 Å². The van der Waals surface area contributed by atoms with Crippen molar-refractivity contribution in [2.24, 2.45) is 0 Å². The zero-order valence-corrected chi connectivity index (χ0v) is 10.5. The van der Waals surface area contributed by atoms with Gasteiger partial charge in [0.25, 0.3) is 0 Å². The van der Waals surface area contributed by atoms with Gasteiger partial charge in [0.05, 0.1) is 11.4 Å². The molecule has 0 radical (unpaired) electrons. The fraction of sp³-hybridized carbons (Fsp3) is 0.300. The molecule has 0 aliphatic carbocycles. The highest BCUT2D eigenvalue weighted by Crippen LogP contribution is 2.28. The molecule has 84 valence electrons. The van der Waals surface area contributed by atoms with Crippen LogP contribution in [0.5, 0.6) is 0 Å². The average molecular weight is 254 g/mol. The Labute approximate surface area is 101 Å². The van der Waals surface area contributed by atoms with E-state index < -0.39 is 5.97 Å². The lowest BCUT2D eigenvalue weighted by Gasteiger charge is -1.91. The highest BCUT2D eigenvalue weighted by molar-refractivity contribution is 7.12. The lowest BCUT2D eigenvalue weighted by atomic mass is 10.3. The summed E-state index contributed by atoms with van der Waals surface area (Å²) in [5.41, 5.74) is 1.65. The fourth-order valence-corrected chi connectivity index (χ4v) is 2.99. The number of hydrogen-bond donors (Lipinski definition) is 1. The summed E-state index contributed by atoms with van der Waals surface area (Å²) >= 11 is 2.99. The summed E-state index contributed by atoms with van der Waals surface area (Å²) in [5, 5.41) is 12.1. The van der Waals surface area contributed by atoms with Gasteiger partial charge in [0.2, 0.25) is 0 Å². The summed E-state index contributed by atoms with van der Waals surface area (Å²) in [4.78, 5) is 20.3. The number of nitrogens with zero attached hydrogens (tertiary/aromatic N) is 2. The highest BCUT2D eigenvalue weighted by Gasteiger charge is 2.12. The van der Waals surface area contributed by atoms with E-state index in [2.05, 4.69) is 9.97 Å². The minimum Gasteiger partial charge on any atom is -0.481 e. The molecule has 0 spiro atoms.